The van der Waals surface area contributed by atoms with Crippen molar-refractivity contribution in [3.05, 3.63) is 29.3 Å². The minimum atomic E-state index is -0.0588. The Labute approximate surface area is 125 Å². The lowest BCUT2D eigenvalue weighted by Crippen LogP contribution is -2.54. The summed E-state index contributed by atoms with van der Waals surface area (Å²) < 4.78 is 0. The van der Waals surface area contributed by atoms with Gasteiger partial charge in [-0.3, -0.25) is 9.69 Å². The predicted molar refractivity (Wildman–Crippen MR) is 83.4 cm³/mol. The van der Waals surface area contributed by atoms with Crippen LogP contribution in [-0.4, -0.2) is 49.6 Å². The molecule has 1 aromatic carbocycles. The van der Waals surface area contributed by atoms with Crippen molar-refractivity contribution in [1.82, 2.24) is 10.2 Å². The second kappa shape index (κ2) is 6.95. The maximum atomic E-state index is 11.9. The average Bonchev–Trinajstić information content (AvgIpc) is 2.47. The summed E-state index contributed by atoms with van der Waals surface area (Å²) in [7, 11) is 0. The Balaban J connectivity index is 1.90. The summed E-state index contributed by atoms with van der Waals surface area (Å²) in [5, 5.41) is 3.65. The highest BCUT2D eigenvalue weighted by Gasteiger charge is 2.25. The van der Waals surface area contributed by atoms with Crippen molar-refractivity contribution in [3.8, 4) is 0 Å². The van der Waals surface area contributed by atoms with Crippen molar-refractivity contribution in [1.29, 1.82) is 0 Å². The van der Waals surface area contributed by atoms with Gasteiger partial charge in [0.05, 0.1) is 6.04 Å². The molecule has 0 radical (unpaired) electrons. The quantitative estimate of drug-likeness (QED) is 0.923. The fraction of sp³-hybridized carbons (Fsp3) is 0.533. The molecule has 1 heterocycles. The Hall–Kier alpha value is -1.26. The van der Waals surface area contributed by atoms with E-state index in [-0.39, 0.29) is 11.9 Å². The van der Waals surface area contributed by atoms with Gasteiger partial charge < -0.3 is 10.2 Å². The molecule has 20 heavy (non-hydrogen) atoms. The lowest BCUT2D eigenvalue weighted by molar-refractivity contribution is -0.125. The standard InChI is InChI=1S/C15H22ClN3O/c1-3-17-15(20)12(2)18-7-9-19(10-8-18)14-6-4-5-13(16)11-14/h4-6,11-12H,3,7-10H2,1-2H3,(H,17,20)/t12-/m1/s1. The van der Waals surface area contributed by atoms with Gasteiger partial charge in [0.2, 0.25) is 5.91 Å². The molecule has 1 aliphatic rings. The molecule has 1 fully saturated rings. The van der Waals surface area contributed by atoms with Crippen molar-refractivity contribution < 1.29 is 4.79 Å². The van der Waals surface area contributed by atoms with E-state index in [0.29, 0.717) is 6.54 Å². The van der Waals surface area contributed by atoms with E-state index in [9.17, 15) is 4.79 Å². The first-order valence-corrected chi connectivity index (χ1v) is 7.52. The summed E-state index contributed by atoms with van der Waals surface area (Å²) in [5.41, 5.74) is 1.16. The number of rotatable bonds is 4. The minimum Gasteiger partial charge on any atom is -0.369 e. The SMILES string of the molecule is CCNC(=O)[C@@H](C)N1CCN(c2cccc(Cl)c2)CC1. The highest BCUT2D eigenvalue weighted by molar-refractivity contribution is 6.30. The molecule has 0 saturated carbocycles. The molecule has 1 N–H and O–H groups in total. The first-order valence-electron chi connectivity index (χ1n) is 7.14. The number of halogens is 1. The molecule has 2 rings (SSSR count). The van der Waals surface area contributed by atoms with Crippen molar-refractivity contribution in [2.75, 3.05) is 37.6 Å². The number of carbonyl (C=O) groups is 1. The van der Waals surface area contributed by atoms with Gasteiger partial charge in [-0.15, -0.1) is 0 Å². The molecule has 1 atom stereocenters. The van der Waals surface area contributed by atoms with Crippen LogP contribution in [0.4, 0.5) is 5.69 Å². The molecular formula is C15H22ClN3O. The van der Waals surface area contributed by atoms with E-state index in [2.05, 4.69) is 21.2 Å². The van der Waals surface area contributed by atoms with E-state index in [0.717, 1.165) is 36.9 Å². The van der Waals surface area contributed by atoms with Crippen LogP contribution >= 0.6 is 11.6 Å². The molecule has 4 nitrogen and oxygen atoms in total. The summed E-state index contributed by atoms with van der Waals surface area (Å²) in [6.07, 6.45) is 0. The van der Waals surface area contributed by atoms with Gasteiger partial charge in [-0.25, -0.2) is 0 Å². The number of piperazine rings is 1. The monoisotopic (exact) mass is 295 g/mol. The molecule has 0 bridgehead atoms. The number of nitrogens with one attached hydrogen (secondary N) is 1. The Bertz CT molecular complexity index is 458. The van der Waals surface area contributed by atoms with Gasteiger partial charge in [-0.2, -0.15) is 0 Å². The predicted octanol–water partition coefficient (Wildman–Crippen LogP) is 1.99. The Morgan fingerprint density at radius 2 is 2.05 bits per heavy atom. The van der Waals surface area contributed by atoms with Crippen LogP contribution in [-0.2, 0) is 4.79 Å². The number of nitrogens with zero attached hydrogens (tertiary/aromatic N) is 2. The van der Waals surface area contributed by atoms with Crippen LogP contribution in [0.15, 0.2) is 24.3 Å². The minimum absolute atomic E-state index is 0.0588. The number of amides is 1. The smallest absolute Gasteiger partial charge is 0.237 e. The van der Waals surface area contributed by atoms with Crippen LogP contribution in [0.2, 0.25) is 5.02 Å². The van der Waals surface area contributed by atoms with E-state index in [4.69, 9.17) is 11.6 Å². The third-order valence-corrected chi connectivity index (χ3v) is 4.00. The summed E-state index contributed by atoms with van der Waals surface area (Å²) in [6, 6.07) is 7.87. The highest BCUT2D eigenvalue weighted by atomic mass is 35.5. The highest BCUT2D eigenvalue weighted by Crippen LogP contribution is 2.21. The summed E-state index contributed by atoms with van der Waals surface area (Å²) in [5.74, 6) is 0.115. The Kier molecular flexibility index (Phi) is 5.26. The number of hydrogen-bond acceptors (Lipinski definition) is 3. The van der Waals surface area contributed by atoms with Crippen LogP contribution in [0.25, 0.3) is 0 Å². The Morgan fingerprint density at radius 1 is 1.35 bits per heavy atom. The number of likely N-dealkylation sites (N-methyl/N-ethyl adjacent to an activating group) is 1. The fourth-order valence-electron chi connectivity index (χ4n) is 2.53. The molecule has 0 unspecified atom stereocenters. The Morgan fingerprint density at radius 3 is 2.65 bits per heavy atom. The largest absolute Gasteiger partial charge is 0.369 e. The molecular weight excluding hydrogens is 274 g/mol. The number of hydrogen-bond donors (Lipinski definition) is 1. The van der Waals surface area contributed by atoms with Gasteiger partial charge >= 0.3 is 0 Å². The van der Waals surface area contributed by atoms with Crippen molar-refractivity contribution >= 4 is 23.2 Å². The lowest BCUT2D eigenvalue weighted by atomic mass is 10.2. The number of carbonyl (C=O) groups excluding carboxylic acids is 1. The van der Waals surface area contributed by atoms with Gasteiger partial charge in [0.25, 0.3) is 0 Å². The van der Waals surface area contributed by atoms with Crippen LogP contribution < -0.4 is 10.2 Å². The molecule has 1 aliphatic heterocycles. The van der Waals surface area contributed by atoms with E-state index in [1.807, 2.05) is 32.0 Å². The van der Waals surface area contributed by atoms with Crippen LogP contribution in [0, 0.1) is 0 Å². The third kappa shape index (κ3) is 3.64. The second-order valence-corrected chi connectivity index (χ2v) is 5.51. The molecule has 110 valence electrons. The molecule has 1 amide bonds. The van der Waals surface area contributed by atoms with Crippen molar-refractivity contribution in [2.45, 2.75) is 19.9 Å². The van der Waals surface area contributed by atoms with Crippen molar-refractivity contribution in [2.24, 2.45) is 0 Å². The summed E-state index contributed by atoms with van der Waals surface area (Å²) >= 11 is 6.03. The zero-order valence-corrected chi connectivity index (χ0v) is 12.9. The molecule has 0 aromatic heterocycles. The molecule has 5 heteroatoms. The van der Waals surface area contributed by atoms with Gasteiger partial charge in [-0.1, -0.05) is 17.7 Å². The van der Waals surface area contributed by atoms with E-state index in [1.165, 1.54) is 0 Å². The van der Waals surface area contributed by atoms with E-state index >= 15 is 0 Å². The zero-order valence-electron chi connectivity index (χ0n) is 12.1. The van der Waals surface area contributed by atoms with E-state index in [1.54, 1.807) is 0 Å². The van der Waals surface area contributed by atoms with Gasteiger partial charge in [0.15, 0.2) is 0 Å². The molecule has 0 spiro atoms. The van der Waals surface area contributed by atoms with E-state index < -0.39 is 0 Å². The van der Waals surface area contributed by atoms with Gasteiger partial charge in [0, 0.05) is 43.4 Å². The maximum absolute atomic E-state index is 11.9. The average molecular weight is 296 g/mol. The van der Waals surface area contributed by atoms with Gasteiger partial charge in [-0.05, 0) is 32.0 Å². The third-order valence-electron chi connectivity index (χ3n) is 3.77. The molecule has 1 saturated heterocycles. The fourth-order valence-corrected chi connectivity index (χ4v) is 2.71. The maximum Gasteiger partial charge on any atom is 0.237 e. The molecule has 1 aromatic rings. The zero-order chi connectivity index (χ0) is 14.5. The second-order valence-electron chi connectivity index (χ2n) is 5.07. The number of benzene rings is 1. The number of anilines is 1. The summed E-state index contributed by atoms with van der Waals surface area (Å²) in [4.78, 5) is 16.4. The first-order chi connectivity index (χ1) is 9.61. The van der Waals surface area contributed by atoms with Gasteiger partial charge in [0.1, 0.15) is 0 Å². The van der Waals surface area contributed by atoms with Crippen LogP contribution in [0.1, 0.15) is 13.8 Å². The summed E-state index contributed by atoms with van der Waals surface area (Å²) in [6.45, 7) is 8.23. The molecule has 0 aliphatic carbocycles. The van der Waals surface area contributed by atoms with Crippen LogP contribution in [0.3, 0.4) is 0 Å². The first kappa shape index (κ1) is 15.1. The van der Waals surface area contributed by atoms with Crippen LogP contribution in [0.5, 0.6) is 0 Å². The lowest BCUT2D eigenvalue weighted by Gasteiger charge is -2.38. The topological polar surface area (TPSA) is 35.6 Å². The van der Waals surface area contributed by atoms with Crippen molar-refractivity contribution in [3.63, 3.8) is 0 Å². The normalized spacial score (nSPS) is 17.9.